The first kappa shape index (κ1) is 38.9. The van der Waals surface area contributed by atoms with E-state index in [9.17, 15) is 30.6 Å². The average molecular weight is 696 g/mol. The number of carbonyl (C=O) groups is 2. The smallest absolute Gasteiger partial charge is 0.349 e. The van der Waals surface area contributed by atoms with E-state index in [0.717, 1.165) is 16.8 Å². The SMILES string of the molecule is CC1(C)CC(Cc2ccccc2)=C(C#N)/C(=C(\C#N)C(=O)OCCCCCCOC(=O)/C(C#N)=C2\CC(C)(C)CC(Nc3ccccc3)=C2C#N)C1. The van der Waals surface area contributed by atoms with Crippen molar-refractivity contribution in [3.8, 4) is 24.3 Å². The van der Waals surface area contributed by atoms with Crippen LogP contribution < -0.4 is 5.32 Å². The lowest BCUT2D eigenvalue weighted by atomic mass is 9.70. The Bertz CT molecular complexity index is 1810. The van der Waals surface area contributed by atoms with Gasteiger partial charge in [-0.3, -0.25) is 0 Å². The van der Waals surface area contributed by atoms with Gasteiger partial charge in [0.05, 0.1) is 30.4 Å². The molecule has 2 aromatic rings. The Balaban J connectivity index is 1.31. The van der Waals surface area contributed by atoms with Crippen molar-refractivity contribution in [3.63, 3.8) is 0 Å². The molecule has 2 aliphatic carbocycles. The number of anilines is 1. The van der Waals surface area contributed by atoms with E-state index in [1.807, 2.05) is 86.6 Å². The lowest BCUT2D eigenvalue weighted by Crippen LogP contribution is -2.25. The number of hydrogen-bond acceptors (Lipinski definition) is 9. The van der Waals surface area contributed by atoms with Crippen LogP contribution in [0.4, 0.5) is 5.69 Å². The number of rotatable bonds is 13. The molecule has 0 spiro atoms. The number of allylic oxidation sites excluding steroid dienone is 6. The Kier molecular flexibility index (Phi) is 13.4. The van der Waals surface area contributed by atoms with E-state index in [0.29, 0.717) is 85.8 Å². The van der Waals surface area contributed by atoms with Crippen LogP contribution in [0.15, 0.2) is 105 Å². The van der Waals surface area contributed by atoms with Gasteiger partial charge in [0.1, 0.15) is 29.4 Å². The van der Waals surface area contributed by atoms with Gasteiger partial charge in [0.2, 0.25) is 0 Å². The number of nitrogens with zero attached hydrogens (tertiary/aromatic N) is 4. The number of ether oxygens (including phenoxy) is 2. The first-order valence-electron chi connectivity index (χ1n) is 17.6. The molecule has 0 amide bonds. The van der Waals surface area contributed by atoms with Crippen LogP contribution in [0, 0.1) is 56.2 Å². The molecule has 4 rings (SSSR count). The topological polar surface area (TPSA) is 160 Å². The third kappa shape index (κ3) is 10.3. The van der Waals surface area contributed by atoms with Crippen LogP contribution in [-0.4, -0.2) is 25.2 Å². The number of nitriles is 4. The summed E-state index contributed by atoms with van der Waals surface area (Å²) in [6, 6.07) is 27.8. The second-order valence-electron chi connectivity index (χ2n) is 14.9. The second kappa shape index (κ2) is 17.8. The summed E-state index contributed by atoms with van der Waals surface area (Å²) in [5.41, 5.74) is 4.16. The molecule has 52 heavy (non-hydrogen) atoms. The van der Waals surface area contributed by atoms with Crippen molar-refractivity contribution < 1.29 is 19.1 Å². The third-order valence-corrected chi connectivity index (χ3v) is 9.21. The molecule has 0 saturated heterocycles. The molecule has 2 aromatic carbocycles. The average Bonchev–Trinajstić information content (AvgIpc) is 3.10. The summed E-state index contributed by atoms with van der Waals surface area (Å²) >= 11 is 0. The number of nitrogens with one attached hydrogen (secondary N) is 1. The largest absolute Gasteiger partial charge is 0.462 e. The molecule has 0 saturated carbocycles. The number of benzene rings is 2. The number of esters is 2. The van der Waals surface area contributed by atoms with Gasteiger partial charge in [-0.25, -0.2) is 9.59 Å². The van der Waals surface area contributed by atoms with Gasteiger partial charge in [0.25, 0.3) is 0 Å². The molecule has 0 unspecified atom stereocenters. The van der Waals surface area contributed by atoms with Crippen LogP contribution in [-0.2, 0) is 25.5 Å². The van der Waals surface area contributed by atoms with Crippen molar-refractivity contribution in [2.45, 2.75) is 85.5 Å². The maximum absolute atomic E-state index is 13.1. The van der Waals surface area contributed by atoms with Gasteiger partial charge in [-0.05, 0) is 103 Å². The summed E-state index contributed by atoms with van der Waals surface area (Å²) in [6.07, 6.45) is 5.07. The normalized spacial score (nSPS) is 18.2. The molecule has 266 valence electrons. The Morgan fingerprint density at radius 2 is 1.13 bits per heavy atom. The quantitative estimate of drug-likeness (QED) is 0.0934. The van der Waals surface area contributed by atoms with Crippen molar-refractivity contribution in [2.75, 3.05) is 18.5 Å². The van der Waals surface area contributed by atoms with Gasteiger partial charge < -0.3 is 14.8 Å². The van der Waals surface area contributed by atoms with Crippen LogP contribution in [0.3, 0.4) is 0 Å². The molecule has 9 nitrogen and oxygen atoms in total. The van der Waals surface area contributed by atoms with E-state index in [-0.39, 0.29) is 35.2 Å². The van der Waals surface area contributed by atoms with Crippen molar-refractivity contribution in [1.82, 2.24) is 0 Å². The molecule has 0 fully saturated rings. The summed E-state index contributed by atoms with van der Waals surface area (Å²) in [6.45, 7) is 8.40. The fourth-order valence-electron chi connectivity index (χ4n) is 6.90. The van der Waals surface area contributed by atoms with E-state index >= 15 is 0 Å². The molecule has 0 bridgehead atoms. The molecular weight excluding hydrogens is 651 g/mol. The standard InChI is InChI=1S/C43H45N5O4/c1-42(2)22-31(21-30-15-9-7-10-16-30)35(26-44)33(23-42)37(28-46)40(49)51-19-13-5-6-14-20-52-41(50)38(29-47)34-24-43(3,4)25-39(36(34)27-45)48-32-17-11-8-12-18-32/h7-12,15-18,48H,5-6,13-14,19-25H2,1-4H3/b37-33+,38-34+. The summed E-state index contributed by atoms with van der Waals surface area (Å²) in [7, 11) is 0. The van der Waals surface area contributed by atoms with Crippen molar-refractivity contribution in [2.24, 2.45) is 10.8 Å². The zero-order valence-electron chi connectivity index (χ0n) is 30.5. The Morgan fingerprint density at radius 3 is 1.63 bits per heavy atom. The second-order valence-corrected chi connectivity index (χ2v) is 14.9. The zero-order chi connectivity index (χ0) is 37.7. The van der Waals surface area contributed by atoms with Crippen molar-refractivity contribution in [3.05, 3.63) is 111 Å². The summed E-state index contributed by atoms with van der Waals surface area (Å²) < 4.78 is 11.0. The fraction of sp³-hybridized carbons (Fsp3) is 0.395. The minimum Gasteiger partial charge on any atom is -0.462 e. The summed E-state index contributed by atoms with van der Waals surface area (Å²) in [5, 5.41) is 43.4. The minimum atomic E-state index is -0.753. The maximum atomic E-state index is 13.1. The molecule has 2 aliphatic rings. The molecule has 9 heteroatoms. The molecule has 0 aliphatic heterocycles. The van der Waals surface area contributed by atoms with Gasteiger partial charge in [0.15, 0.2) is 0 Å². The van der Waals surface area contributed by atoms with Gasteiger partial charge in [-0.15, -0.1) is 0 Å². The van der Waals surface area contributed by atoms with Gasteiger partial charge >= 0.3 is 11.9 Å². The van der Waals surface area contributed by atoms with E-state index in [4.69, 9.17) is 9.47 Å². The first-order chi connectivity index (χ1) is 24.9. The van der Waals surface area contributed by atoms with Crippen LogP contribution in [0.1, 0.15) is 84.6 Å². The molecule has 0 atom stereocenters. The van der Waals surface area contributed by atoms with Gasteiger partial charge in [-0.1, -0.05) is 76.2 Å². The molecule has 0 heterocycles. The predicted molar refractivity (Wildman–Crippen MR) is 197 cm³/mol. The van der Waals surface area contributed by atoms with E-state index in [1.165, 1.54) is 0 Å². The highest BCUT2D eigenvalue weighted by molar-refractivity contribution is 5.96. The van der Waals surface area contributed by atoms with Crippen LogP contribution in [0.25, 0.3) is 0 Å². The first-order valence-corrected chi connectivity index (χ1v) is 17.6. The molecule has 0 aromatic heterocycles. The van der Waals surface area contributed by atoms with Crippen LogP contribution in [0.5, 0.6) is 0 Å². The molecular formula is C43H45N5O4. The van der Waals surface area contributed by atoms with Crippen LogP contribution >= 0.6 is 0 Å². The van der Waals surface area contributed by atoms with Crippen LogP contribution in [0.2, 0.25) is 0 Å². The highest BCUT2D eigenvalue weighted by atomic mass is 16.5. The lowest BCUT2D eigenvalue weighted by molar-refractivity contribution is -0.140. The highest BCUT2D eigenvalue weighted by Gasteiger charge is 2.36. The van der Waals surface area contributed by atoms with E-state index in [1.54, 1.807) is 0 Å². The monoisotopic (exact) mass is 695 g/mol. The van der Waals surface area contributed by atoms with E-state index in [2.05, 4.69) is 31.3 Å². The van der Waals surface area contributed by atoms with Gasteiger partial charge in [-0.2, -0.15) is 21.0 Å². The Morgan fingerprint density at radius 1 is 0.654 bits per heavy atom. The summed E-state index contributed by atoms with van der Waals surface area (Å²) in [5.74, 6) is -1.48. The number of para-hydroxylation sites is 1. The highest BCUT2D eigenvalue weighted by Crippen LogP contribution is 2.45. The Labute approximate surface area is 307 Å². The van der Waals surface area contributed by atoms with E-state index < -0.39 is 11.9 Å². The minimum absolute atomic E-state index is 0.0935. The Hall–Kier alpha value is -5.90. The fourth-order valence-corrected chi connectivity index (χ4v) is 6.90. The predicted octanol–water partition coefficient (Wildman–Crippen LogP) is 8.87. The van der Waals surface area contributed by atoms with Crippen molar-refractivity contribution >= 4 is 17.6 Å². The molecule has 1 N–H and O–H groups in total. The zero-order valence-corrected chi connectivity index (χ0v) is 30.5. The third-order valence-electron chi connectivity index (χ3n) is 9.21. The van der Waals surface area contributed by atoms with Gasteiger partial charge in [0, 0.05) is 11.4 Å². The number of carbonyl (C=O) groups excluding carboxylic acids is 2. The lowest BCUT2D eigenvalue weighted by Gasteiger charge is -2.33. The van der Waals surface area contributed by atoms with Crippen molar-refractivity contribution in [1.29, 1.82) is 21.0 Å². The molecule has 0 radical (unpaired) electrons. The summed E-state index contributed by atoms with van der Waals surface area (Å²) in [4.78, 5) is 26.2. The maximum Gasteiger partial charge on any atom is 0.349 e. The number of hydrogen-bond donors (Lipinski definition) is 1. The number of unbranched alkanes of at least 4 members (excludes halogenated alkanes) is 3.